The van der Waals surface area contributed by atoms with E-state index in [9.17, 15) is 13.2 Å². The molecule has 5 nitrogen and oxygen atoms in total. The van der Waals surface area contributed by atoms with Gasteiger partial charge in [-0.2, -0.15) is 4.31 Å². The van der Waals surface area contributed by atoms with E-state index in [1.165, 1.54) is 15.6 Å². The van der Waals surface area contributed by atoms with Crippen LogP contribution in [0, 0.1) is 6.92 Å². The molecule has 128 valence electrons. The summed E-state index contributed by atoms with van der Waals surface area (Å²) in [7, 11) is -3.35. The van der Waals surface area contributed by atoms with Crippen LogP contribution >= 0.6 is 11.3 Å². The average Bonchev–Trinajstić information content (AvgIpc) is 3.01. The van der Waals surface area contributed by atoms with Crippen LogP contribution < -0.4 is 0 Å². The standard InChI is InChI=1S/C17H20N2O3S2/c1-14-7-8-16(23-14)17(20)18-9-11-19(12-10-18)24(21,22)13-15-5-3-2-4-6-15/h2-8H,9-13H2,1H3. The van der Waals surface area contributed by atoms with Crippen molar-refractivity contribution in [2.45, 2.75) is 12.7 Å². The molecule has 0 bridgehead atoms. The van der Waals surface area contributed by atoms with Gasteiger partial charge >= 0.3 is 0 Å². The molecule has 1 aromatic carbocycles. The second kappa shape index (κ2) is 7.04. The van der Waals surface area contributed by atoms with Gasteiger partial charge in [-0.05, 0) is 24.6 Å². The molecule has 0 unspecified atom stereocenters. The van der Waals surface area contributed by atoms with E-state index < -0.39 is 10.0 Å². The zero-order valence-electron chi connectivity index (χ0n) is 13.5. The highest BCUT2D eigenvalue weighted by Gasteiger charge is 2.29. The van der Waals surface area contributed by atoms with Crippen molar-refractivity contribution in [1.82, 2.24) is 9.21 Å². The number of thiophene rings is 1. The number of rotatable bonds is 4. The van der Waals surface area contributed by atoms with Crippen molar-refractivity contribution >= 4 is 27.3 Å². The van der Waals surface area contributed by atoms with Crippen molar-refractivity contribution in [3.05, 3.63) is 57.8 Å². The van der Waals surface area contributed by atoms with Crippen LogP contribution in [-0.2, 0) is 15.8 Å². The molecule has 2 aromatic rings. The molecule has 1 aliphatic rings. The lowest BCUT2D eigenvalue weighted by Gasteiger charge is -2.33. The van der Waals surface area contributed by atoms with Crippen LogP contribution in [0.15, 0.2) is 42.5 Å². The van der Waals surface area contributed by atoms with Gasteiger partial charge in [0, 0.05) is 31.1 Å². The average molecular weight is 364 g/mol. The molecule has 0 radical (unpaired) electrons. The molecule has 0 N–H and O–H groups in total. The minimum Gasteiger partial charge on any atom is -0.335 e. The Bertz CT molecular complexity index is 807. The molecular weight excluding hydrogens is 344 g/mol. The zero-order chi connectivity index (χ0) is 17.2. The first-order valence-corrected chi connectivity index (χ1v) is 10.3. The smallest absolute Gasteiger partial charge is 0.264 e. The van der Waals surface area contributed by atoms with Gasteiger partial charge in [-0.3, -0.25) is 4.79 Å². The van der Waals surface area contributed by atoms with E-state index in [-0.39, 0.29) is 11.7 Å². The van der Waals surface area contributed by atoms with Crippen LogP contribution in [0.1, 0.15) is 20.1 Å². The number of piperazine rings is 1. The highest BCUT2D eigenvalue weighted by Crippen LogP contribution is 2.19. The number of benzene rings is 1. The summed E-state index contributed by atoms with van der Waals surface area (Å²) in [4.78, 5) is 16.0. The molecule has 7 heteroatoms. The number of carbonyl (C=O) groups excluding carboxylic acids is 1. The van der Waals surface area contributed by atoms with Crippen LogP contribution in [0.3, 0.4) is 0 Å². The lowest BCUT2D eigenvalue weighted by molar-refractivity contribution is 0.0702. The van der Waals surface area contributed by atoms with Gasteiger partial charge in [0.1, 0.15) is 0 Å². The summed E-state index contributed by atoms with van der Waals surface area (Å²) >= 11 is 1.47. The van der Waals surface area contributed by atoms with Crippen LogP contribution in [0.2, 0.25) is 0 Å². The molecule has 1 aromatic heterocycles. The van der Waals surface area contributed by atoms with E-state index in [2.05, 4.69) is 0 Å². The molecule has 0 saturated carbocycles. The first-order valence-electron chi connectivity index (χ1n) is 7.83. The van der Waals surface area contributed by atoms with Crippen molar-refractivity contribution in [2.75, 3.05) is 26.2 Å². The highest BCUT2D eigenvalue weighted by atomic mass is 32.2. The summed E-state index contributed by atoms with van der Waals surface area (Å²) in [6, 6.07) is 12.9. The van der Waals surface area contributed by atoms with Crippen molar-refractivity contribution in [3.63, 3.8) is 0 Å². The lowest BCUT2D eigenvalue weighted by Crippen LogP contribution is -2.50. The predicted octanol–water partition coefficient (Wildman–Crippen LogP) is 2.34. The molecule has 2 heterocycles. The second-order valence-corrected chi connectivity index (χ2v) is 9.10. The molecule has 0 atom stereocenters. The van der Waals surface area contributed by atoms with Gasteiger partial charge in [0.05, 0.1) is 10.6 Å². The number of aryl methyl sites for hydroxylation is 1. The maximum absolute atomic E-state index is 12.5. The Labute approximate surface area is 146 Å². The summed E-state index contributed by atoms with van der Waals surface area (Å²) < 4.78 is 26.5. The summed E-state index contributed by atoms with van der Waals surface area (Å²) in [5.41, 5.74) is 0.782. The fourth-order valence-corrected chi connectivity index (χ4v) is 5.10. The predicted molar refractivity (Wildman–Crippen MR) is 95.6 cm³/mol. The van der Waals surface area contributed by atoms with Gasteiger partial charge in [-0.25, -0.2) is 8.42 Å². The number of nitrogens with zero attached hydrogens (tertiary/aromatic N) is 2. The normalized spacial score (nSPS) is 16.3. The van der Waals surface area contributed by atoms with Crippen molar-refractivity contribution < 1.29 is 13.2 Å². The van der Waals surface area contributed by atoms with E-state index >= 15 is 0 Å². The number of hydrogen-bond donors (Lipinski definition) is 0. The highest BCUT2D eigenvalue weighted by molar-refractivity contribution is 7.88. The third kappa shape index (κ3) is 3.85. The first kappa shape index (κ1) is 17.1. The van der Waals surface area contributed by atoms with Gasteiger partial charge < -0.3 is 4.90 Å². The summed E-state index contributed by atoms with van der Waals surface area (Å²) in [6.45, 7) is 3.54. The molecule has 3 rings (SSSR count). The Morgan fingerprint density at radius 2 is 1.71 bits per heavy atom. The van der Waals surface area contributed by atoms with Crippen LogP contribution in [0.5, 0.6) is 0 Å². The van der Waals surface area contributed by atoms with Crippen molar-refractivity contribution in [2.24, 2.45) is 0 Å². The first-order chi connectivity index (χ1) is 11.5. The van der Waals surface area contributed by atoms with Crippen LogP contribution in [0.4, 0.5) is 0 Å². The third-order valence-corrected chi connectivity index (χ3v) is 6.90. The van der Waals surface area contributed by atoms with Gasteiger partial charge in [0.15, 0.2) is 0 Å². The molecule has 1 aliphatic heterocycles. The summed E-state index contributed by atoms with van der Waals surface area (Å²) in [5, 5.41) is 0. The molecule has 24 heavy (non-hydrogen) atoms. The van der Waals surface area contributed by atoms with Crippen LogP contribution in [-0.4, -0.2) is 49.7 Å². The Morgan fingerprint density at radius 1 is 1.04 bits per heavy atom. The van der Waals surface area contributed by atoms with E-state index in [0.29, 0.717) is 31.1 Å². The quantitative estimate of drug-likeness (QED) is 0.837. The van der Waals surface area contributed by atoms with Gasteiger partial charge in [-0.15, -0.1) is 11.3 Å². The number of hydrogen-bond acceptors (Lipinski definition) is 4. The maximum Gasteiger partial charge on any atom is 0.264 e. The molecule has 1 saturated heterocycles. The summed E-state index contributed by atoms with van der Waals surface area (Å²) in [5.74, 6) is -0.000431. The minimum atomic E-state index is -3.35. The van der Waals surface area contributed by atoms with Crippen molar-refractivity contribution in [3.8, 4) is 0 Å². The maximum atomic E-state index is 12.5. The fraction of sp³-hybridized carbons (Fsp3) is 0.353. The largest absolute Gasteiger partial charge is 0.335 e. The lowest BCUT2D eigenvalue weighted by atomic mass is 10.2. The number of amides is 1. The van der Waals surface area contributed by atoms with E-state index in [0.717, 1.165) is 10.4 Å². The Hall–Kier alpha value is -1.70. The molecule has 0 aliphatic carbocycles. The molecule has 1 fully saturated rings. The van der Waals surface area contributed by atoms with Gasteiger partial charge in [0.2, 0.25) is 10.0 Å². The van der Waals surface area contributed by atoms with E-state index in [1.54, 1.807) is 4.90 Å². The fourth-order valence-electron chi connectivity index (χ4n) is 2.75. The Kier molecular flexibility index (Phi) is 5.03. The van der Waals surface area contributed by atoms with Crippen molar-refractivity contribution in [1.29, 1.82) is 0 Å². The molecule has 0 spiro atoms. The third-order valence-electron chi connectivity index (χ3n) is 4.06. The van der Waals surface area contributed by atoms with E-state index in [1.807, 2.05) is 49.4 Å². The monoisotopic (exact) mass is 364 g/mol. The number of carbonyl (C=O) groups is 1. The van der Waals surface area contributed by atoms with Gasteiger partial charge in [-0.1, -0.05) is 30.3 Å². The SMILES string of the molecule is Cc1ccc(C(=O)N2CCN(S(=O)(=O)Cc3ccccc3)CC2)s1. The molecular formula is C17H20N2O3S2. The van der Waals surface area contributed by atoms with E-state index in [4.69, 9.17) is 0 Å². The van der Waals surface area contributed by atoms with Gasteiger partial charge in [0.25, 0.3) is 5.91 Å². The molecule has 1 amide bonds. The van der Waals surface area contributed by atoms with Crippen LogP contribution in [0.25, 0.3) is 0 Å². The summed E-state index contributed by atoms with van der Waals surface area (Å²) in [6.07, 6.45) is 0. The minimum absolute atomic E-state index is 0.00586. The number of sulfonamides is 1. The Balaban J connectivity index is 1.61. The topological polar surface area (TPSA) is 57.7 Å². The Morgan fingerprint density at radius 3 is 2.29 bits per heavy atom. The second-order valence-electron chi connectivity index (χ2n) is 5.84. The zero-order valence-corrected chi connectivity index (χ0v) is 15.1.